The van der Waals surface area contributed by atoms with E-state index in [4.69, 9.17) is 27.9 Å². The van der Waals surface area contributed by atoms with Crippen LogP contribution in [-0.2, 0) is 9.53 Å². The van der Waals surface area contributed by atoms with E-state index in [9.17, 15) is 9.59 Å². The Kier molecular flexibility index (Phi) is 5.35. The summed E-state index contributed by atoms with van der Waals surface area (Å²) in [6.07, 6.45) is 1.28. The van der Waals surface area contributed by atoms with Gasteiger partial charge in [-0.05, 0) is 30.7 Å². The Morgan fingerprint density at radius 3 is 2.64 bits per heavy atom. The third kappa shape index (κ3) is 4.19. The average molecular weight is 339 g/mol. The highest BCUT2D eigenvalue weighted by molar-refractivity contribution is 6.34. The Bertz CT molecular complexity index is 682. The first-order valence-corrected chi connectivity index (χ1v) is 7.06. The number of hydrogen-bond acceptors (Lipinski definition) is 4. The molecule has 1 aromatic heterocycles. The van der Waals surface area contributed by atoms with Gasteiger partial charge in [-0.25, -0.2) is 9.78 Å². The molecule has 0 atom stereocenters. The second kappa shape index (κ2) is 7.24. The van der Waals surface area contributed by atoms with Gasteiger partial charge >= 0.3 is 5.97 Å². The molecular weight excluding hydrogens is 327 g/mol. The maximum absolute atomic E-state index is 11.8. The maximum atomic E-state index is 11.8. The van der Waals surface area contributed by atoms with Gasteiger partial charge < -0.3 is 10.1 Å². The van der Waals surface area contributed by atoms with Gasteiger partial charge in [0.1, 0.15) is 5.15 Å². The number of carbonyl (C=O) groups excluding carboxylic acids is 2. The van der Waals surface area contributed by atoms with Gasteiger partial charge in [0.15, 0.2) is 6.61 Å². The maximum Gasteiger partial charge on any atom is 0.340 e. The third-order valence-corrected chi connectivity index (χ3v) is 3.32. The van der Waals surface area contributed by atoms with E-state index in [0.717, 1.165) is 5.56 Å². The van der Waals surface area contributed by atoms with Crippen molar-refractivity contribution in [3.63, 3.8) is 0 Å². The molecule has 114 valence electrons. The minimum absolute atomic E-state index is 0.214. The molecule has 1 aromatic carbocycles. The van der Waals surface area contributed by atoms with Gasteiger partial charge in [0.25, 0.3) is 5.91 Å². The summed E-state index contributed by atoms with van der Waals surface area (Å²) in [5.74, 6) is -1.14. The lowest BCUT2D eigenvalue weighted by molar-refractivity contribution is -0.119. The van der Waals surface area contributed by atoms with E-state index in [1.165, 1.54) is 18.3 Å². The lowest BCUT2D eigenvalue weighted by Gasteiger charge is -2.10. The topological polar surface area (TPSA) is 68.3 Å². The molecule has 0 aliphatic carbocycles. The van der Waals surface area contributed by atoms with E-state index in [0.29, 0.717) is 10.7 Å². The molecule has 0 unspecified atom stereocenters. The van der Waals surface area contributed by atoms with E-state index < -0.39 is 18.5 Å². The van der Waals surface area contributed by atoms with Gasteiger partial charge in [-0.1, -0.05) is 35.3 Å². The minimum atomic E-state index is -0.657. The number of carbonyl (C=O) groups is 2. The van der Waals surface area contributed by atoms with Crippen LogP contribution in [0, 0.1) is 6.92 Å². The van der Waals surface area contributed by atoms with Crippen molar-refractivity contribution in [2.24, 2.45) is 0 Å². The number of benzene rings is 1. The number of pyridine rings is 1. The van der Waals surface area contributed by atoms with E-state index in [-0.39, 0.29) is 10.7 Å². The Balaban J connectivity index is 1.93. The highest BCUT2D eigenvalue weighted by Crippen LogP contribution is 2.25. The first-order valence-electron chi connectivity index (χ1n) is 6.31. The van der Waals surface area contributed by atoms with Crippen molar-refractivity contribution < 1.29 is 14.3 Å². The lowest BCUT2D eigenvalue weighted by Crippen LogP contribution is -2.21. The van der Waals surface area contributed by atoms with Crippen molar-refractivity contribution >= 4 is 40.8 Å². The molecule has 0 saturated carbocycles. The number of hydrogen-bond donors (Lipinski definition) is 1. The summed E-state index contributed by atoms with van der Waals surface area (Å²) in [5.41, 5.74) is 1.53. The van der Waals surface area contributed by atoms with E-state index in [1.54, 1.807) is 12.1 Å². The fourth-order valence-electron chi connectivity index (χ4n) is 1.68. The van der Waals surface area contributed by atoms with Gasteiger partial charge in [0.2, 0.25) is 0 Å². The Morgan fingerprint density at radius 1 is 1.23 bits per heavy atom. The normalized spacial score (nSPS) is 10.1. The van der Waals surface area contributed by atoms with Crippen molar-refractivity contribution in [2.45, 2.75) is 6.92 Å². The molecule has 22 heavy (non-hydrogen) atoms. The van der Waals surface area contributed by atoms with Gasteiger partial charge in [0, 0.05) is 6.20 Å². The van der Waals surface area contributed by atoms with Gasteiger partial charge in [-0.15, -0.1) is 0 Å². The van der Waals surface area contributed by atoms with Gasteiger partial charge in [0.05, 0.1) is 16.3 Å². The molecule has 1 amide bonds. The molecular formula is C15H12Cl2N2O3. The average Bonchev–Trinajstić information content (AvgIpc) is 2.49. The molecule has 2 rings (SSSR count). The van der Waals surface area contributed by atoms with E-state index >= 15 is 0 Å². The van der Waals surface area contributed by atoms with Crippen molar-refractivity contribution in [1.29, 1.82) is 0 Å². The number of aromatic nitrogens is 1. The van der Waals surface area contributed by atoms with Crippen molar-refractivity contribution in [1.82, 2.24) is 4.98 Å². The van der Waals surface area contributed by atoms with Crippen LogP contribution in [-0.4, -0.2) is 23.5 Å². The first-order chi connectivity index (χ1) is 10.5. The summed E-state index contributed by atoms with van der Waals surface area (Å²) in [7, 11) is 0. The van der Waals surface area contributed by atoms with Crippen LogP contribution >= 0.6 is 23.2 Å². The van der Waals surface area contributed by atoms with Crippen LogP contribution in [0.2, 0.25) is 10.2 Å². The van der Waals surface area contributed by atoms with Crippen LogP contribution in [0.15, 0.2) is 36.5 Å². The SMILES string of the molecule is Cc1cccc(Cl)c1NC(=O)COC(=O)c1ccc(Cl)nc1. The monoisotopic (exact) mass is 338 g/mol. The quantitative estimate of drug-likeness (QED) is 0.684. The Hall–Kier alpha value is -2.11. The lowest BCUT2D eigenvalue weighted by atomic mass is 10.2. The predicted octanol–water partition coefficient (Wildman–Crippen LogP) is 3.49. The smallest absolute Gasteiger partial charge is 0.340 e. The molecule has 0 spiro atoms. The summed E-state index contributed by atoms with van der Waals surface area (Å²) in [5, 5.41) is 3.29. The molecule has 0 aliphatic rings. The fourth-order valence-corrected chi connectivity index (χ4v) is 2.06. The Morgan fingerprint density at radius 2 is 2.00 bits per heavy atom. The number of esters is 1. The summed E-state index contributed by atoms with van der Waals surface area (Å²) < 4.78 is 4.90. The number of para-hydroxylation sites is 1. The summed E-state index contributed by atoms with van der Waals surface area (Å²) in [6.45, 7) is 1.39. The number of halogens is 2. The van der Waals surface area contributed by atoms with Crippen molar-refractivity contribution in [3.05, 3.63) is 57.8 Å². The van der Waals surface area contributed by atoms with Gasteiger partial charge in [-0.2, -0.15) is 0 Å². The van der Waals surface area contributed by atoms with Crippen LogP contribution in [0.4, 0.5) is 5.69 Å². The van der Waals surface area contributed by atoms with Crippen LogP contribution in [0.25, 0.3) is 0 Å². The van der Waals surface area contributed by atoms with E-state index in [2.05, 4.69) is 10.3 Å². The fraction of sp³-hybridized carbons (Fsp3) is 0.133. The molecule has 0 aliphatic heterocycles. The zero-order chi connectivity index (χ0) is 16.1. The van der Waals surface area contributed by atoms with Crippen molar-refractivity contribution in [3.8, 4) is 0 Å². The van der Waals surface area contributed by atoms with Crippen molar-refractivity contribution in [2.75, 3.05) is 11.9 Å². The van der Waals surface area contributed by atoms with Crippen LogP contribution in [0.5, 0.6) is 0 Å². The zero-order valence-electron chi connectivity index (χ0n) is 11.6. The molecule has 1 heterocycles. The molecule has 0 fully saturated rings. The standard InChI is InChI=1S/C15H12Cl2N2O3/c1-9-3-2-4-11(16)14(9)19-13(20)8-22-15(21)10-5-6-12(17)18-7-10/h2-7H,8H2,1H3,(H,19,20). The van der Waals surface area contributed by atoms with Crippen LogP contribution in [0.3, 0.4) is 0 Å². The largest absolute Gasteiger partial charge is 0.452 e. The number of anilines is 1. The highest BCUT2D eigenvalue weighted by atomic mass is 35.5. The molecule has 5 nitrogen and oxygen atoms in total. The highest BCUT2D eigenvalue weighted by Gasteiger charge is 2.12. The predicted molar refractivity (Wildman–Crippen MR) is 84.3 cm³/mol. The van der Waals surface area contributed by atoms with Crippen LogP contribution in [0.1, 0.15) is 15.9 Å². The number of ether oxygens (including phenoxy) is 1. The Labute approximate surface area is 137 Å². The molecule has 0 bridgehead atoms. The number of aryl methyl sites for hydroxylation is 1. The number of nitrogens with zero attached hydrogens (tertiary/aromatic N) is 1. The second-order valence-corrected chi connectivity index (χ2v) is 5.22. The molecule has 2 aromatic rings. The zero-order valence-corrected chi connectivity index (χ0v) is 13.1. The second-order valence-electron chi connectivity index (χ2n) is 4.43. The molecule has 0 radical (unpaired) electrons. The number of rotatable bonds is 4. The number of amides is 1. The van der Waals surface area contributed by atoms with Crippen LogP contribution < -0.4 is 5.32 Å². The number of nitrogens with one attached hydrogen (secondary N) is 1. The first kappa shape index (κ1) is 16.3. The molecule has 7 heteroatoms. The van der Waals surface area contributed by atoms with Gasteiger partial charge in [-0.3, -0.25) is 4.79 Å². The third-order valence-electron chi connectivity index (χ3n) is 2.78. The molecule has 0 saturated heterocycles. The van der Waals surface area contributed by atoms with E-state index in [1.807, 2.05) is 13.0 Å². The minimum Gasteiger partial charge on any atom is -0.452 e. The molecule has 1 N–H and O–H groups in total. The summed E-state index contributed by atoms with van der Waals surface area (Å²) in [6, 6.07) is 8.18. The summed E-state index contributed by atoms with van der Waals surface area (Å²) in [4.78, 5) is 27.3. The summed E-state index contributed by atoms with van der Waals surface area (Å²) >= 11 is 11.6.